The third-order valence-corrected chi connectivity index (χ3v) is 3.41. The summed E-state index contributed by atoms with van der Waals surface area (Å²) in [6, 6.07) is 2.25. The van der Waals surface area contributed by atoms with Gasteiger partial charge in [-0.15, -0.1) is 6.58 Å². The van der Waals surface area contributed by atoms with Gasteiger partial charge in [0, 0.05) is 26.2 Å². The zero-order chi connectivity index (χ0) is 14.8. The lowest BCUT2D eigenvalue weighted by atomic mass is 9.98. The lowest BCUT2D eigenvalue weighted by molar-refractivity contribution is -0.138. The summed E-state index contributed by atoms with van der Waals surface area (Å²) in [6.45, 7) is 6.33. The molecule has 1 atom stereocenters. The molecule has 1 heterocycles. The Bertz CT molecular complexity index is 479. The van der Waals surface area contributed by atoms with Crippen molar-refractivity contribution in [3.8, 4) is 0 Å². The molecule has 1 aromatic rings. The Morgan fingerprint density at radius 3 is 2.45 bits per heavy atom. The van der Waals surface area contributed by atoms with Gasteiger partial charge in [-0.1, -0.05) is 12.1 Å². The normalized spacial score (nSPS) is 18.8. The van der Waals surface area contributed by atoms with Gasteiger partial charge in [-0.05, 0) is 17.7 Å². The van der Waals surface area contributed by atoms with Crippen LogP contribution in [0.5, 0.6) is 0 Å². The first kappa shape index (κ1) is 15.0. The van der Waals surface area contributed by atoms with Crippen LogP contribution in [0.1, 0.15) is 17.2 Å². The molecule has 0 saturated carbocycles. The number of alkyl halides is 3. The number of halogens is 4. The number of rotatable bonds is 3. The van der Waals surface area contributed by atoms with Gasteiger partial charge >= 0.3 is 6.18 Å². The maximum absolute atomic E-state index is 13.1. The van der Waals surface area contributed by atoms with E-state index in [4.69, 9.17) is 0 Å². The summed E-state index contributed by atoms with van der Waals surface area (Å²) in [5.74, 6) is -0.885. The molecule has 0 amide bonds. The van der Waals surface area contributed by atoms with E-state index in [-0.39, 0.29) is 5.56 Å². The first-order valence-electron chi connectivity index (χ1n) is 6.37. The van der Waals surface area contributed by atoms with Crippen LogP contribution in [0, 0.1) is 5.82 Å². The Hall–Kier alpha value is -1.40. The minimum absolute atomic E-state index is 0.0517. The van der Waals surface area contributed by atoms with Crippen LogP contribution in [0.15, 0.2) is 30.9 Å². The molecule has 20 heavy (non-hydrogen) atoms. The molecule has 0 spiro atoms. The highest BCUT2D eigenvalue weighted by molar-refractivity contribution is 5.35. The fraction of sp³-hybridized carbons (Fsp3) is 0.429. The number of benzene rings is 1. The smallest absolute Gasteiger partial charge is 0.314 e. The van der Waals surface area contributed by atoms with E-state index in [1.54, 1.807) is 0 Å². The fourth-order valence-electron chi connectivity index (χ4n) is 2.46. The summed E-state index contributed by atoms with van der Waals surface area (Å²) in [5, 5.41) is 3.14. The van der Waals surface area contributed by atoms with Crippen LogP contribution in [0.2, 0.25) is 0 Å². The molecule has 0 radical (unpaired) electrons. The van der Waals surface area contributed by atoms with Crippen LogP contribution in [0.4, 0.5) is 17.6 Å². The monoisotopic (exact) mass is 288 g/mol. The van der Waals surface area contributed by atoms with E-state index in [1.165, 1.54) is 12.1 Å². The molecule has 1 aliphatic rings. The summed E-state index contributed by atoms with van der Waals surface area (Å²) in [7, 11) is 0. The molecule has 1 fully saturated rings. The van der Waals surface area contributed by atoms with Gasteiger partial charge in [0.15, 0.2) is 0 Å². The third-order valence-electron chi connectivity index (χ3n) is 3.41. The van der Waals surface area contributed by atoms with Crippen molar-refractivity contribution in [3.05, 3.63) is 47.8 Å². The standard InChI is InChI=1S/C14H16F4N2/c1-2-13(20-7-5-19-6-8-20)11-4-3-10(15)9-12(11)14(16,17)18/h2-4,9,13,19H,1,5-8H2/t13-/m0/s1. The maximum Gasteiger partial charge on any atom is 0.416 e. The number of nitrogens with zero attached hydrogens (tertiary/aromatic N) is 1. The Morgan fingerprint density at radius 1 is 1.25 bits per heavy atom. The van der Waals surface area contributed by atoms with Crippen LogP contribution in [-0.2, 0) is 6.18 Å². The summed E-state index contributed by atoms with van der Waals surface area (Å²) in [5.41, 5.74) is -0.878. The van der Waals surface area contributed by atoms with E-state index in [9.17, 15) is 17.6 Å². The summed E-state index contributed by atoms with van der Waals surface area (Å²) >= 11 is 0. The molecule has 0 aliphatic carbocycles. The zero-order valence-corrected chi connectivity index (χ0v) is 10.9. The molecule has 0 unspecified atom stereocenters. The molecular weight excluding hydrogens is 272 g/mol. The second-order valence-electron chi connectivity index (χ2n) is 4.70. The van der Waals surface area contributed by atoms with Crippen molar-refractivity contribution in [2.75, 3.05) is 26.2 Å². The van der Waals surface area contributed by atoms with E-state index in [0.717, 1.165) is 6.07 Å². The maximum atomic E-state index is 13.1. The van der Waals surface area contributed by atoms with Crippen molar-refractivity contribution in [3.63, 3.8) is 0 Å². The average Bonchev–Trinajstić information content (AvgIpc) is 2.41. The van der Waals surface area contributed by atoms with Crippen molar-refractivity contribution < 1.29 is 17.6 Å². The molecule has 1 saturated heterocycles. The van der Waals surface area contributed by atoms with E-state index in [0.29, 0.717) is 32.2 Å². The van der Waals surface area contributed by atoms with Gasteiger partial charge < -0.3 is 5.32 Å². The number of piperazine rings is 1. The first-order chi connectivity index (χ1) is 9.43. The van der Waals surface area contributed by atoms with Gasteiger partial charge in [0.05, 0.1) is 11.6 Å². The molecule has 0 aromatic heterocycles. The quantitative estimate of drug-likeness (QED) is 0.679. The lowest BCUT2D eigenvalue weighted by Crippen LogP contribution is -2.45. The van der Waals surface area contributed by atoms with E-state index < -0.39 is 23.6 Å². The number of nitrogens with one attached hydrogen (secondary N) is 1. The van der Waals surface area contributed by atoms with Crippen molar-refractivity contribution >= 4 is 0 Å². The average molecular weight is 288 g/mol. The highest BCUT2D eigenvalue weighted by Crippen LogP contribution is 2.37. The van der Waals surface area contributed by atoms with Gasteiger partial charge in [0.2, 0.25) is 0 Å². The van der Waals surface area contributed by atoms with E-state index in [2.05, 4.69) is 11.9 Å². The summed E-state index contributed by atoms with van der Waals surface area (Å²) in [4.78, 5) is 1.91. The minimum Gasteiger partial charge on any atom is -0.314 e. The van der Waals surface area contributed by atoms with E-state index >= 15 is 0 Å². The molecule has 2 nitrogen and oxygen atoms in total. The molecule has 1 aromatic carbocycles. The highest BCUT2D eigenvalue weighted by Gasteiger charge is 2.36. The minimum atomic E-state index is -4.58. The molecule has 1 aliphatic heterocycles. The van der Waals surface area contributed by atoms with Gasteiger partial charge in [0.1, 0.15) is 5.82 Å². The van der Waals surface area contributed by atoms with Crippen molar-refractivity contribution in [2.45, 2.75) is 12.2 Å². The van der Waals surface area contributed by atoms with Crippen LogP contribution in [0.3, 0.4) is 0 Å². The van der Waals surface area contributed by atoms with Gasteiger partial charge in [-0.3, -0.25) is 4.90 Å². The van der Waals surface area contributed by atoms with Gasteiger partial charge in [-0.2, -0.15) is 13.2 Å². The SMILES string of the molecule is C=C[C@@H](c1ccc(F)cc1C(F)(F)F)N1CCNCC1. The Kier molecular flexibility index (Phi) is 4.45. The van der Waals surface area contributed by atoms with Gasteiger partial charge in [0.25, 0.3) is 0 Å². The zero-order valence-electron chi connectivity index (χ0n) is 10.9. The lowest BCUT2D eigenvalue weighted by Gasteiger charge is -2.34. The predicted octanol–water partition coefficient (Wildman–Crippen LogP) is 2.98. The van der Waals surface area contributed by atoms with Crippen LogP contribution in [-0.4, -0.2) is 31.1 Å². The number of hydrogen-bond acceptors (Lipinski definition) is 2. The second-order valence-corrected chi connectivity index (χ2v) is 4.70. The van der Waals surface area contributed by atoms with Crippen LogP contribution >= 0.6 is 0 Å². The fourth-order valence-corrected chi connectivity index (χ4v) is 2.46. The Morgan fingerprint density at radius 2 is 1.90 bits per heavy atom. The molecule has 2 rings (SSSR count). The van der Waals surface area contributed by atoms with E-state index in [1.807, 2.05) is 4.90 Å². The summed E-state index contributed by atoms with van der Waals surface area (Å²) in [6.07, 6.45) is -3.10. The second kappa shape index (κ2) is 5.93. The molecule has 6 heteroatoms. The third kappa shape index (κ3) is 3.19. The van der Waals surface area contributed by atoms with Crippen molar-refractivity contribution in [2.24, 2.45) is 0 Å². The van der Waals surface area contributed by atoms with Crippen molar-refractivity contribution in [1.82, 2.24) is 10.2 Å². The highest BCUT2D eigenvalue weighted by atomic mass is 19.4. The Labute approximate surface area is 115 Å². The van der Waals surface area contributed by atoms with Crippen LogP contribution in [0.25, 0.3) is 0 Å². The molecular formula is C14H16F4N2. The van der Waals surface area contributed by atoms with Crippen molar-refractivity contribution in [1.29, 1.82) is 0 Å². The predicted molar refractivity (Wildman–Crippen MR) is 68.8 cm³/mol. The van der Waals surface area contributed by atoms with Crippen LogP contribution < -0.4 is 5.32 Å². The van der Waals surface area contributed by atoms with Gasteiger partial charge in [-0.25, -0.2) is 4.39 Å². The largest absolute Gasteiger partial charge is 0.416 e. The topological polar surface area (TPSA) is 15.3 Å². The number of hydrogen-bond donors (Lipinski definition) is 1. The Balaban J connectivity index is 2.40. The molecule has 1 N–H and O–H groups in total. The first-order valence-corrected chi connectivity index (χ1v) is 6.37. The molecule has 0 bridgehead atoms. The summed E-state index contributed by atoms with van der Waals surface area (Å²) < 4.78 is 52.3. The molecule has 110 valence electrons.